The van der Waals surface area contributed by atoms with Gasteiger partial charge in [-0.3, -0.25) is 9.78 Å². The number of carbonyl (C=O) groups is 3. The number of carboxylic acids is 1. The molecule has 0 saturated heterocycles. The molecular weight excluding hydrogens is 471 g/mol. The highest BCUT2D eigenvalue weighted by Gasteiger charge is 2.38. The van der Waals surface area contributed by atoms with Gasteiger partial charge < -0.3 is 15.3 Å². The molecule has 0 atom stereocenters. The van der Waals surface area contributed by atoms with Crippen molar-refractivity contribution in [2.75, 3.05) is 5.32 Å². The number of pyridine rings is 1. The summed E-state index contributed by atoms with van der Waals surface area (Å²) in [7, 11) is 0. The first kappa shape index (κ1) is 24.9. The Morgan fingerprint density at radius 1 is 1.00 bits per heavy atom. The molecule has 4 rings (SSSR count). The van der Waals surface area contributed by atoms with E-state index >= 15 is 0 Å². The molecular formula is C22H16F3N5O5. The summed E-state index contributed by atoms with van der Waals surface area (Å²) in [6.45, 7) is 0. The number of fused-ring (bicyclic) bond motifs is 1. The number of alkyl halides is 3. The van der Waals surface area contributed by atoms with E-state index in [9.17, 15) is 22.8 Å². The van der Waals surface area contributed by atoms with Gasteiger partial charge in [-0.2, -0.15) is 24.2 Å². The van der Waals surface area contributed by atoms with Crippen molar-refractivity contribution >= 4 is 34.4 Å². The zero-order valence-corrected chi connectivity index (χ0v) is 17.6. The van der Waals surface area contributed by atoms with Crippen LogP contribution in [0.1, 0.15) is 20.8 Å². The van der Waals surface area contributed by atoms with Crippen LogP contribution in [0.2, 0.25) is 0 Å². The van der Waals surface area contributed by atoms with Crippen LogP contribution in [0.5, 0.6) is 0 Å². The van der Waals surface area contributed by atoms with Crippen LogP contribution >= 0.6 is 0 Å². The topological polar surface area (TPSA) is 149 Å². The fourth-order valence-electron chi connectivity index (χ4n) is 2.80. The van der Waals surface area contributed by atoms with Gasteiger partial charge in [-0.1, -0.05) is 18.2 Å². The Balaban J connectivity index is 0.000000429. The Bertz CT molecular complexity index is 1360. The number of nitrogens with one attached hydrogen (secondary N) is 1. The van der Waals surface area contributed by atoms with E-state index < -0.39 is 18.1 Å². The monoisotopic (exact) mass is 487 g/mol. The Hall–Kier alpha value is -4.78. The molecule has 0 spiro atoms. The van der Waals surface area contributed by atoms with E-state index in [-0.39, 0.29) is 11.5 Å². The van der Waals surface area contributed by atoms with Gasteiger partial charge in [0.1, 0.15) is 11.2 Å². The zero-order valence-electron chi connectivity index (χ0n) is 17.6. The van der Waals surface area contributed by atoms with E-state index in [1.54, 1.807) is 71.7 Å². The van der Waals surface area contributed by atoms with E-state index in [2.05, 4.69) is 20.2 Å². The van der Waals surface area contributed by atoms with E-state index in [1.165, 1.54) is 0 Å². The average Bonchev–Trinajstić information content (AvgIpc) is 3.29. The number of amides is 1. The van der Waals surface area contributed by atoms with Crippen molar-refractivity contribution in [1.29, 1.82) is 0 Å². The number of carbonyl (C=O) groups excluding carboxylic acids is 2. The lowest BCUT2D eigenvalue weighted by molar-refractivity contribution is -0.192. The van der Waals surface area contributed by atoms with E-state index in [0.29, 0.717) is 16.9 Å². The maximum atomic E-state index is 12.2. The zero-order chi connectivity index (χ0) is 25.6. The maximum absolute atomic E-state index is 12.2. The van der Waals surface area contributed by atoms with Crippen LogP contribution in [0.3, 0.4) is 0 Å². The van der Waals surface area contributed by atoms with Crippen LogP contribution in [0.4, 0.5) is 18.9 Å². The molecule has 0 aliphatic rings. The average molecular weight is 487 g/mol. The number of carboxylic acid groups (broad SMARTS) is 1. The minimum absolute atomic E-state index is 0.289. The highest BCUT2D eigenvalue weighted by atomic mass is 19.4. The Kier molecular flexibility index (Phi) is 7.41. The summed E-state index contributed by atoms with van der Waals surface area (Å²) < 4.78 is 33.4. The van der Waals surface area contributed by atoms with Gasteiger partial charge in [0.2, 0.25) is 0 Å². The number of halogens is 3. The highest BCUT2D eigenvalue weighted by Crippen LogP contribution is 2.21. The van der Waals surface area contributed by atoms with Gasteiger partial charge in [-0.25, -0.2) is 14.3 Å². The molecule has 2 aromatic heterocycles. The molecule has 0 bridgehead atoms. The predicted molar refractivity (Wildman–Crippen MR) is 117 cm³/mol. The van der Waals surface area contributed by atoms with Crippen LogP contribution in [-0.2, 0) is 9.63 Å². The molecule has 2 heterocycles. The summed E-state index contributed by atoms with van der Waals surface area (Å²) in [6, 6.07) is 17.5. The number of anilines is 1. The molecule has 0 aliphatic heterocycles. The number of nitrogens with two attached hydrogens (primary N) is 1. The summed E-state index contributed by atoms with van der Waals surface area (Å²) in [4.78, 5) is 41.2. The lowest BCUT2D eigenvalue weighted by Gasteiger charge is -2.06. The molecule has 13 heteroatoms. The number of hydrogen-bond acceptors (Lipinski definition) is 7. The summed E-state index contributed by atoms with van der Waals surface area (Å²) in [5.74, 6) is 1.29. The van der Waals surface area contributed by atoms with Crippen molar-refractivity contribution in [1.82, 2.24) is 14.8 Å². The van der Waals surface area contributed by atoms with Gasteiger partial charge in [0.25, 0.3) is 5.91 Å². The van der Waals surface area contributed by atoms with Gasteiger partial charge in [-0.05, 0) is 42.5 Å². The van der Waals surface area contributed by atoms with E-state index in [0.717, 1.165) is 11.1 Å². The molecule has 2 aromatic carbocycles. The molecule has 0 unspecified atom stereocenters. The first-order valence-electron chi connectivity index (χ1n) is 9.62. The number of benzene rings is 2. The number of aliphatic carboxylic acids is 1. The SMILES string of the molecule is NOC(=O)c1cccc2cn(-c3ccc(NC(=O)c4ccccn4)cc3)nc12.O=C(O)C(F)(F)F. The minimum atomic E-state index is -5.08. The van der Waals surface area contributed by atoms with Gasteiger partial charge >= 0.3 is 18.1 Å². The number of hydrogen-bond donors (Lipinski definition) is 3. The van der Waals surface area contributed by atoms with E-state index in [4.69, 9.17) is 15.8 Å². The van der Waals surface area contributed by atoms with Crippen molar-refractivity contribution in [3.63, 3.8) is 0 Å². The van der Waals surface area contributed by atoms with Crippen molar-refractivity contribution in [3.05, 3.63) is 84.3 Å². The Morgan fingerprint density at radius 2 is 1.69 bits per heavy atom. The molecule has 0 aliphatic carbocycles. The Morgan fingerprint density at radius 3 is 2.26 bits per heavy atom. The second kappa shape index (κ2) is 10.4. The molecule has 4 aromatic rings. The van der Waals surface area contributed by atoms with Gasteiger partial charge in [0, 0.05) is 23.5 Å². The molecule has 180 valence electrons. The van der Waals surface area contributed by atoms with Gasteiger partial charge in [0.05, 0.1) is 11.3 Å². The molecule has 4 N–H and O–H groups in total. The van der Waals surface area contributed by atoms with Gasteiger partial charge in [-0.15, -0.1) is 0 Å². The van der Waals surface area contributed by atoms with Crippen LogP contribution in [0.15, 0.2) is 73.1 Å². The molecule has 0 saturated carbocycles. The molecule has 35 heavy (non-hydrogen) atoms. The van der Waals surface area contributed by atoms with Crippen LogP contribution in [0, 0.1) is 0 Å². The minimum Gasteiger partial charge on any atom is -0.475 e. The van der Waals surface area contributed by atoms with Crippen molar-refractivity contribution in [3.8, 4) is 5.69 Å². The quantitative estimate of drug-likeness (QED) is 0.371. The second-order valence-corrected chi connectivity index (χ2v) is 6.74. The molecule has 10 nitrogen and oxygen atoms in total. The van der Waals surface area contributed by atoms with Crippen molar-refractivity contribution in [2.45, 2.75) is 6.18 Å². The summed E-state index contributed by atoms with van der Waals surface area (Å²) in [6.07, 6.45) is -1.72. The third kappa shape index (κ3) is 6.17. The number of nitrogens with zero attached hydrogens (tertiary/aromatic N) is 3. The summed E-state index contributed by atoms with van der Waals surface area (Å²) in [5.41, 5.74) is 2.51. The predicted octanol–water partition coefficient (Wildman–Crippen LogP) is 3.34. The normalized spacial score (nSPS) is 10.7. The third-order valence-corrected chi connectivity index (χ3v) is 4.39. The first-order valence-corrected chi connectivity index (χ1v) is 9.62. The van der Waals surface area contributed by atoms with Crippen LogP contribution in [-0.4, -0.2) is 43.9 Å². The smallest absolute Gasteiger partial charge is 0.475 e. The summed E-state index contributed by atoms with van der Waals surface area (Å²) >= 11 is 0. The third-order valence-electron chi connectivity index (χ3n) is 4.39. The lowest BCUT2D eigenvalue weighted by Crippen LogP contribution is -2.21. The standard InChI is InChI=1S/C20H15N5O3.C2HF3O2/c21-28-20(27)16-5-3-4-13-12-25(24-18(13)16)15-9-7-14(8-10-15)23-19(26)17-6-1-2-11-22-17;3-2(4,5)1(6)7/h1-12H,21H2,(H,23,26);(H,6,7). The fourth-order valence-corrected chi connectivity index (χ4v) is 2.80. The summed E-state index contributed by atoms with van der Waals surface area (Å²) in [5, 5.41) is 15.1. The largest absolute Gasteiger partial charge is 0.490 e. The Labute approximate surface area is 194 Å². The maximum Gasteiger partial charge on any atom is 0.490 e. The van der Waals surface area contributed by atoms with Crippen molar-refractivity contribution < 1.29 is 37.5 Å². The van der Waals surface area contributed by atoms with Crippen LogP contribution < -0.4 is 11.2 Å². The molecule has 0 fully saturated rings. The first-order chi connectivity index (χ1) is 16.6. The molecule has 0 radical (unpaired) electrons. The highest BCUT2D eigenvalue weighted by molar-refractivity contribution is 6.03. The van der Waals surface area contributed by atoms with E-state index in [1.807, 2.05) is 6.07 Å². The number of rotatable bonds is 4. The molecule has 1 amide bonds. The number of aromatic nitrogens is 3. The fraction of sp³-hybridized carbons (Fsp3) is 0.0455. The van der Waals surface area contributed by atoms with Gasteiger partial charge in [0.15, 0.2) is 0 Å². The lowest BCUT2D eigenvalue weighted by atomic mass is 10.1. The second-order valence-electron chi connectivity index (χ2n) is 6.74. The van der Waals surface area contributed by atoms with Crippen LogP contribution in [0.25, 0.3) is 16.6 Å². The van der Waals surface area contributed by atoms with Crippen molar-refractivity contribution in [2.24, 2.45) is 5.90 Å².